The van der Waals surface area contributed by atoms with Gasteiger partial charge in [0.25, 0.3) is 0 Å². The maximum atomic E-state index is 11.8. The maximum Gasteiger partial charge on any atom is 0.231 e. The minimum atomic E-state index is -1.28. The van der Waals surface area contributed by atoms with Gasteiger partial charge in [0.15, 0.2) is 17.3 Å². The Hall–Kier alpha value is -2.11. The number of hydrogen-bond donors (Lipinski definition) is 2. The van der Waals surface area contributed by atoms with E-state index in [0.717, 1.165) is 23.5 Å². The van der Waals surface area contributed by atoms with Gasteiger partial charge >= 0.3 is 0 Å². The summed E-state index contributed by atoms with van der Waals surface area (Å²) in [5, 5.41) is 0. The predicted octanol–water partition coefficient (Wildman–Crippen LogP) is 1.97. The number of ketones is 1. The van der Waals surface area contributed by atoms with Crippen LogP contribution >= 0.6 is 0 Å². The number of fused-ring (bicyclic) bond motifs is 1. The normalized spacial score (nSPS) is 14.2. The van der Waals surface area contributed by atoms with Crippen LogP contribution in [0, 0.1) is 0 Å². The molecule has 0 fully saturated rings. The standard InChI is InChI=1S/C16H20N2O3/c1-2-9-16(17,18)15(19)6-4-3-5-12-7-8-13-14(10-12)21-11-20-13/h3-8,10H,2,9,11,17-18H2,1H3. The van der Waals surface area contributed by atoms with E-state index in [-0.39, 0.29) is 12.6 Å². The van der Waals surface area contributed by atoms with E-state index in [4.69, 9.17) is 20.9 Å². The van der Waals surface area contributed by atoms with Gasteiger partial charge in [-0.2, -0.15) is 0 Å². The first-order chi connectivity index (χ1) is 10.0. The Bertz CT molecular complexity index is 577. The van der Waals surface area contributed by atoms with Crippen molar-refractivity contribution in [1.82, 2.24) is 0 Å². The van der Waals surface area contributed by atoms with Gasteiger partial charge in [0.05, 0.1) is 0 Å². The Morgan fingerprint density at radius 1 is 1.29 bits per heavy atom. The molecule has 21 heavy (non-hydrogen) atoms. The highest BCUT2D eigenvalue weighted by atomic mass is 16.7. The smallest absolute Gasteiger partial charge is 0.231 e. The summed E-state index contributed by atoms with van der Waals surface area (Å²) in [5.74, 6) is 1.19. The number of hydrogen-bond acceptors (Lipinski definition) is 5. The number of benzene rings is 1. The molecular weight excluding hydrogens is 268 g/mol. The van der Waals surface area contributed by atoms with Gasteiger partial charge in [0.2, 0.25) is 6.79 Å². The fourth-order valence-electron chi connectivity index (χ4n) is 2.02. The lowest BCUT2D eigenvalue weighted by Gasteiger charge is -2.19. The second-order valence-corrected chi connectivity index (χ2v) is 4.99. The Morgan fingerprint density at radius 2 is 2.05 bits per heavy atom. The summed E-state index contributed by atoms with van der Waals surface area (Å²) in [7, 11) is 0. The zero-order chi connectivity index (χ0) is 15.3. The number of allylic oxidation sites excluding steroid dienone is 2. The monoisotopic (exact) mass is 288 g/mol. The van der Waals surface area contributed by atoms with Crippen LogP contribution in [0.2, 0.25) is 0 Å². The van der Waals surface area contributed by atoms with Crippen molar-refractivity contribution in [3.8, 4) is 11.5 Å². The molecule has 1 aliphatic rings. The Labute approximate surface area is 124 Å². The highest BCUT2D eigenvalue weighted by molar-refractivity contribution is 5.97. The average Bonchev–Trinajstić information content (AvgIpc) is 2.90. The molecule has 1 heterocycles. The van der Waals surface area contributed by atoms with Crippen molar-refractivity contribution in [2.24, 2.45) is 11.5 Å². The Balaban J connectivity index is 1.96. The summed E-state index contributed by atoms with van der Waals surface area (Å²) >= 11 is 0. The minimum Gasteiger partial charge on any atom is -0.454 e. The molecule has 0 aliphatic carbocycles. The first-order valence-corrected chi connectivity index (χ1v) is 6.89. The second-order valence-electron chi connectivity index (χ2n) is 4.99. The molecule has 4 N–H and O–H groups in total. The number of ether oxygens (including phenoxy) is 2. The van der Waals surface area contributed by atoms with E-state index in [1.54, 1.807) is 12.2 Å². The molecule has 0 saturated carbocycles. The lowest BCUT2D eigenvalue weighted by Crippen LogP contribution is -2.55. The van der Waals surface area contributed by atoms with Crippen LogP contribution in [0.3, 0.4) is 0 Å². The molecule has 0 radical (unpaired) electrons. The topological polar surface area (TPSA) is 87.6 Å². The fraction of sp³-hybridized carbons (Fsp3) is 0.312. The molecule has 0 saturated heterocycles. The predicted molar refractivity (Wildman–Crippen MR) is 81.8 cm³/mol. The van der Waals surface area contributed by atoms with Gasteiger partial charge in [0, 0.05) is 0 Å². The third kappa shape index (κ3) is 3.93. The molecule has 0 spiro atoms. The average molecular weight is 288 g/mol. The molecule has 5 nitrogen and oxygen atoms in total. The zero-order valence-corrected chi connectivity index (χ0v) is 12.0. The second kappa shape index (κ2) is 6.56. The van der Waals surface area contributed by atoms with Crippen molar-refractivity contribution in [2.75, 3.05) is 6.79 Å². The van der Waals surface area contributed by atoms with Crippen LogP contribution in [-0.4, -0.2) is 18.2 Å². The van der Waals surface area contributed by atoms with Crippen molar-refractivity contribution < 1.29 is 14.3 Å². The van der Waals surface area contributed by atoms with E-state index in [2.05, 4.69) is 0 Å². The van der Waals surface area contributed by atoms with Gasteiger partial charge in [-0.15, -0.1) is 0 Å². The van der Waals surface area contributed by atoms with E-state index in [9.17, 15) is 4.79 Å². The van der Waals surface area contributed by atoms with Crippen molar-refractivity contribution in [3.05, 3.63) is 42.0 Å². The zero-order valence-electron chi connectivity index (χ0n) is 12.0. The van der Waals surface area contributed by atoms with Gasteiger partial charge in [-0.3, -0.25) is 4.79 Å². The van der Waals surface area contributed by atoms with Gasteiger partial charge in [-0.25, -0.2) is 0 Å². The summed E-state index contributed by atoms with van der Waals surface area (Å²) < 4.78 is 10.5. The molecule has 0 unspecified atom stereocenters. The van der Waals surface area contributed by atoms with Crippen molar-refractivity contribution in [1.29, 1.82) is 0 Å². The van der Waals surface area contributed by atoms with E-state index >= 15 is 0 Å². The molecule has 1 aromatic carbocycles. The van der Waals surface area contributed by atoms with Crippen molar-refractivity contribution in [3.63, 3.8) is 0 Å². The quantitative estimate of drug-likeness (QED) is 0.474. The van der Waals surface area contributed by atoms with Crippen LogP contribution in [0.1, 0.15) is 25.3 Å². The number of nitrogens with two attached hydrogens (primary N) is 2. The first-order valence-electron chi connectivity index (χ1n) is 6.89. The summed E-state index contributed by atoms with van der Waals surface area (Å²) in [6, 6.07) is 5.64. The van der Waals surface area contributed by atoms with Crippen LogP contribution in [0.4, 0.5) is 0 Å². The van der Waals surface area contributed by atoms with Crippen molar-refractivity contribution >= 4 is 11.9 Å². The molecule has 5 heteroatoms. The highest BCUT2D eigenvalue weighted by Gasteiger charge is 2.24. The van der Waals surface area contributed by atoms with E-state index in [0.29, 0.717) is 6.42 Å². The molecule has 1 aromatic rings. The third-order valence-corrected chi connectivity index (χ3v) is 3.17. The molecular formula is C16H20N2O3. The summed E-state index contributed by atoms with van der Waals surface area (Å²) in [4.78, 5) is 11.8. The number of rotatable bonds is 6. The summed E-state index contributed by atoms with van der Waals surface area (Å²) in [5.41, 5.74) is 11.2. The molecule has 0 bridgehead atoms. The van der Waals surface area contributed by atoms with Gasteiger partial charge < -0.3 is 20.9 Å². The Morgan fingerprint density at radius 3 is 2.81 bits per heavy atom. The van der Waals surface area contributed by atoms with Gasteiger partial charge in [-0.1, -0.05) is 37.6 Å². The highest BCUT2D eigenvalue weighted by Crippen LogP contribution is 2.32. The van der Waals surface area contributed by atoms with Crippen LogP contribution in [0.15, 0.2) is 36.4 Å². The molecule has 1 aliphatic heterocycles. The Kier molecular flexibility index (Phi) is 4.77. The first kappa shape index (κ1) is 15.3. The van der Waals surface area contributed by atoms with Crippen LogP contribution in [-0.2, 0) is 4.79 Å². The SMILES string of the molecule is CCCC(N)(N)C(=O)C=CC=Cc1ccc2c(c1)OCO2. The van der Waals surface area contributed by atoms with Crippen LogP contribution in [0.5, 0.6) is 11.5 Å². The van der Waals surface area contributed by atoms with Crippen LogP contribution < -0.4 is 20.9 Å². The van der Waals surface area contributed by atoms with Crippen LogP contribution in [0.25, 0.3) is 6.08 Å². The molecule has 112 valence electrons. The lowest BCUT2D eigenvalue weighted by atomic mass is 10.0. The number of carbonyl (C=O) groups excluding carboxylic acids is 1. The number of carbonyl (C=O) groups is 1. The lowest BCUT2D eigenvalue weighted by molar-refractivity contribution is -0.119. The van der Waals surface area contributed by atoms with E-state index < -0.39 is 5.66 Å². The molecule has 0 atom stereocenters. The molecule has 2 rings (SSSR count). The summed E-state index contributed by atoms with van der Waals surface area (Å²) in [6.45, 7) is 2.19. The third-order valence-electron chi connectivity index (χ3n) is 3.17. The van der Waals surface area contributed by atoms with Crippen molar-refractivity contribution in [2.45, 2.75) is 25.4 Å². The van der Waals surface area contributed by atoms with E-state index in [1.807, 2.05) is 31.2 Å². The largest absolute Gasteiger partial charge is 0.454 e. The summed E-state index contributed by atoms with van der Waals surface area (Å²) in [6.07, 6.45) is 7.88. The molecule has 0 amide bonds. The minimum absolute atomic E-state index is 0.253. The fourth-order valence-corrected chi connectivity index (χ4v) is 2.02. The van der Waals surface area contributed by atoms with Gasteiger partial charge in [-0.05, 0) is 30.2 Å². The molecule has 0 aromatic heterocycles. The van der Waals surface area contributed by atoms with Gasteiger partial charge in [0.1, 0.15) is 5.66 Å². The maximum absolute atomic E-state index is 11.8. The van der Waals surface area contributed by atoms with E-state index in [1.165, 1.54) is 6.08 Å².